The number of allylic oxidation sites excluding steroid dienone is 1. The number of methoxy groups -OCH3 is 1. The summed E-state index contributed by atoms with van der Waals surface area (Å²) in [4.78, 5) is 25.2. The molecule has 0 aliphatic heterocycles. The van der Waals surface area contributed by atoms with Gasteiger partial charge >= 0.3 is 11.9 Å². The molecule has 5 aliphatic rings. The molecule has 5 nitrogen and oxygen atoms in total. The predicted octanol–water partition coefficient (Wildman–Crippen LogP) is 6.72. The van der Waals surface area contributed by atoms with Gasteiger partial charge in [0.15, 0.2) is 0 Å². The summed E-state index contributed by atoms with van der Waals surface area (Å²) in [5, 5.41) is 11.2. The molecule has 5 saturated carbocycles. The summed E-state index contributed by atoms with van der Waals surface area (Å²) in [6.45, 7) is 18.2. The third-order valence-corrected chi connectivity index (χ3v) is 14.0. The highest BCUT2D eigenvalue weighted by atomic mass is 16.5. The van der Waals surface area contributed by atoms with E-state index in [0.717, 1.165) is 57.8 Å². The maximum atomic E-state index is 13.4. The van der Waals surface area contributed by atoms with Crippen molar-refractivity contribution in [1.29, 1.82) is 0 Å². The van der Waals surface area contributed by atoms with Gasteiger partial charge in [0, 0.05) is 12.3 Å². The molecule has 0 spiro atoms. The molecule has 5 rings (SSSR count). The van der Waals surface area contributed by atoms with Crippen LogP contribution in [0.15, 0.2) is 12.2 Å². The van der Waals surface area contributed by atoms with Crippen LogP contribution in [0.1, 0.15) is 106 Å². The van der Waals surface area contributed by atoms with Gasteiger partial charge in [-0.15, -0.1) is 0 Å². The first-order valence-electron chi connectivity index (χ1n) is 15.3. The Morgan fingerprint density at radius 2 is 1.58 bits per heavy atom. The van der Waals surface area contributed by atoms with Crippen LogP contribution in [0.25, 0.3) is 0 Å². The minimum Gasteiger partial charge on any atom is -0.469 e. The van der Waals surface area contributed by atoms with Gasteiger partial charge in [-0.05, 0) is 117 Å². The van der Waals surface area contributed by atoms with Gasteiger partial charge < -0.3 is 14.6 Å². The molecule has 0 aromatic rings. The zero-order valence-electron chi connectivity index (χ0n) is 25.0. The molecule has 2 unspecified atom stereocenters. The van der Waals surface area contributed by atoms with Crippen molar-refractivity contribution in [3.8, 4) is 0 Å². The van der Waals surface area contributed by atoms with E-state index < -0.39 is 11.5 Å². The fourth-order valence-corrected chi connectivity index (χ4v) is 12.0. The average Bonchev–Trinajstić information content (AvgIpc) is 3.26. The summed E-state index contributed by atoms with van der Waals surface area (Å²) in [6, 6.07) is 0. The van der Waals surface area contributed by atoms with Gasteiger partial charge in [0.1, 0.15) is 0 Å². The molecule has 0 saturated heterocycles. The molecular weight excluding hydrogens is 476 g/mol. The summed E-state index contributed by atoms with van der Waals surface area (Å²) in [5.41, 5.74) is 0.860. The predicted molar refractivity (Wildman–Crippen MR) is 148 cm³/mol. The number of carbonyl (C=O) groups excluding carboxylic acids is 2. The normalized spacial score (nSPS) is 51.6. The Labute approximate surface area is 230 Å². The van der Waals surface area contributed by atoms with Crippen LogP contribution >= 0.6 is 0 Å². The first kappa shape index (κ1) is 28.2. The number of aliphatic hydroxyl groups is 1. The van der Waals surface area contributed by atoms with Gasteiger partial charge in [0.2, 0.25) is 0 Å². The number of hydrogen-bond acceptors (Lipinski definition) is 5. The highest BCUT2D eigenvalue weighted by Gasteiger charge is 2.72. The molecule has 0 aromatic carbocycles. The highest BCUT2D eigenvalue weighted by Crippen LogP contribution is 2.77. The standard InChI is InChI=1S/C33H52O5/c1-20(2)22-11-16-33(28(36)37-8)18-17-31(6)23(27(22)33)9-10-25-29(4)14-13-26(35)30(5,19-38-21(3)34)24(29)12-15-32(25,31)7/h22-27,35H,1,9-19H2,2-8H3/t22-,23?,24+,25+,26?,27+,29-,30-,31+,32+,33-/m0/s1. The lowest BCUT2D eigenvalue weighted by atomic mass is 9.32. The van der Waals surface area contributed by atoms with E-state index in [-0.39, 0.29) is 33.6 Å². The molecule has 1 N–H and O–H groups in total. The Morgan fingerprint density at radius 1 is 0.868 bits per heavy atom. The summed E-state index contributed by atoms with van der Waals surface area (Å²) in [5.74, 6) is 1.82. The lowest BCUT2D eigenvalue weighted by molar-refractivity contribution is -0.255. The molecule has 5 heteroatoms. The first-order chi connectivity index (χ1) is 17.7. The zero-order valence-corrected chi connectivity index (χ0v) is 25.0. The monoisotopic (exact) mass is 528 g/mol. The van der Waals surface area contributed by atoms with Crippen LogP contribution in [0.2, 0.25) is 0 Å². The molecule has 5 fully saturated rings. The summed E-state index contributed by atoms with van der Waals surface area (Å²) < 4.78 is 11.1. The van der Waals surface area contributed by atoms with Crippen LogP contribution in [0.5, 0.6) is 0 Å². The van der Waals surface area contributed by atoms with Crippen molar-refractivity contribution in [2.24, 2.45) is 56.7 Å². The largest absolute Gasteiger partial charge is 0.469 e. The Kier molecular flexibility index (Phi) is 6.73. The second-order valence-corrected chi connectivity index (χ2v) is 15.2. The molecule has 0 amide bonds. The number of esters is 2. The lowest BCUT2D eigenvalue weighted by Gasteiger charge is -2.72. The maximum absolute atomic E-state index is 13.4. The second-order valence-electron chi connectivity index (χ2n) is 15.2. The Bertz CT molecular complexity index is 1010. The molecule has 0 bridgehead atoms. The van der Waals surface area contributed by atoms with Crippen LogP contribution in [0.3, 0.4) is 0 Å². The smallest absolute Gasteiger partial charge is 0.312 e. The van der Waals surface area contributed by atoms with Crippen molar-refractivity contribution in [3.63, 3.8) is 0 Å². The van der Waals surface area contributed by atoms with Crippen LogP contribution < -0.4 is 0 Å². The maximum Gasteiger partial charge on any atom is 0.312 e. The third kappa shape index (κ3) is 3.51. The van der Waals surface area contributed by atoms with Gasteiger partial charge in [-0.1, -0.05) is 39.8 Å². The number of aliphatic hydroxyl groups excluding tert-OH is 1. The van der Waals surface area contributed by atoms with Crippen molar-refractivity contribution in [3.05, 3.63) is 12.2 Å². The third-order valence-electron chi connectivity index (χ3n) is 14.0. The lowest BCUT2D eigenvalue weighted by Crippen LogP contribution is -2.67. The van der Waals surface area contributed by atoms with Crippen LogP contribution in [-0.2, 0) is 19.1 Å². The summed E-state index contributed by atoms with van der Waals surface area (Å²) in [6.07, 6.45) is 9.83. The van der Waals surface area contributed by atoms with E-state index in [1.165, 1.54) is 18.9 Å². The summed E-state index contributed by atoms with van der Waals surface area (Å²) >= 11 is 0. The fourth-order valence-electron chi connectivity index (χ4n) is 12.0. The number of ether oxygens (including phenoxy) is 2. The fraction of sp³-hybridized carbons (Fsp3) is 0.879. The molecule has 38 heavy (non-hydrogen) atoms. The van der Waals surface area contributed by atoms with Crippen molar-refractivity contribution < 1.29 is 24.2 Å². The quantitative estimate of drug-likeness (QED) is 0.324. The summed E-state index contributed by atoms with van der Waals surface area (Å²) in [7, 11) is 1.57. The Morgan fingerprint density at radius 3 is 2.21 bits per heavy atom. The number of hydrogen-bond donors (Lipinski definition) is 1. The molecular formula is C33H52O5. The van der Waals surface area contributed by atoms with E-state index in [1.54, 1.807) is 7.11 Å². The molecule has 214 valence electrons. The van der Waals surface area contributed by atoms with E-state index in [0.29, 0.717) is 36.2 Å². The molecule has 5 aliphatic carbocycles. The molecule has 11 atom stereocenters. The van der Waals surface area contributed by atoms with Gasteiger partial charge in [0.05, 0.1) is 25.2 Å². The average molecular weight is 529 g/mol. The SMILES string of the molecule is C=C(C)[C@@H]1CC[C@]2(C(=O)OC)CC[C@]3(C)C(CC[C@@H]4[C@@]5(C)CCC(O)[C@@](C)(COC(C)=O)[C@@H]5CC[C@]43C)[C@@H]12. The van der Waals surface area contributed by atoms with Crippen molar-refractivity contribution in [1.82, 2.24) is 0 Å². The first-order valence-corrected chi connectivity index (χ1v) is 15.3. The van der Waals surface area contributed by atoms with Crippen molar-refractivity contribution in [2.45, 2.75) is 112 Å². The Balaban J connectivity index is 1.53. The van der Waals surface area contributed by atoms with Gasteiger partial charge in [-0.3, -0.25) is 9.59 Å². The number of carbonyl (C=O) groups is 2. The van der Waals surface area contributed by atoms with E-state index in [2.05, 4.69) is 41.2 Å². The number of fused-ring (bicyclic) bond motifs is 7. The molecule has 0 heterocycles. The van der Waals surface area contributed by atoms with E-state index in [1.807, 2.05) is 0 Å². The van der Waals surface area contributed by atoms with Gasteiger partial charge in [0.25, 0.3) is 0 Å². The van der Waals surface area contributed by atoms with Crippen LogP contribution in [0.4, 0.5) is 0 Å². The molecule has 0 aromatic heterocycles. The van der Waals surface area contributed by atoms with Crippen LogP contribution in [-0.4, -0.2) is 36.9 Å². The van der Waals surface area contributed by atoms with Gasteiger partial charge in [-0.25, -0.2) is 0 Å². The van der Waals surface area contributed by atoms with E-state index in [4.69, 9.17) is 9.47 Å². The van der Waals surface area contributed by atoms with Crippen LogP contribution in [0, 0.1) is 56.7 Å². The Hall–Kier alpha value is -1.36. The minimum absolute atomic E-state index is 0.0127. The van der Waals surface area contributed by atoms with Crippen molar-refractivity contribution >= 4 is 11.9 Å². The topological polar surface area (TPSA) is 72.8 Å². The molecule has 0 radical (unpaired) electrons. The zero-order chi connectivity index (χ0) is 27.9. The number of rotatable bonds is 4. The van der Waals surface area contributed by atoms with Crippen molar-refractivity contribution in [2.75, 3.05) is 13.7 Å². The minimum atomic E-state index is -0.443. The van der Waals surface area contributed by atoms with E-state index >= 15 is 0 Å². The highest BCUT2D eigenvalue weighted by molar-refractivity contribution is 5.78. The van der Waals surface area contributed by atoms with Gasteiger partial charge in [-0.2, -0.15) is 0 Å². The van der Waals surface area contributed by atoms with E-state index in [9.17, 15) is 14.7 Å². The second kappa shape index (κ2) is 9.08.